The molecule has 0 N–H and O–H groups in total. The van der Waals surface area contributed by atoms with E-state index in [1.165, 1.54) is 47.8 Å². The molecule has 42 heavy (non-hydrogen) atoms. The Balaban J connectivity index is 0.000000229. The Hall–Kier alpha value is -0.194. The predicted molar refractivity (Wildman–Crippen MR) is 168 cm³/mol. The van der Waals surface area contributed by atoms with Crippen LogP contribution in [0, 0.1) is 11.8 Å². The minimum absolute atomic E-state index is 0. The second-order valence-electron chi connectivity index (χ2n) is 11.3. The van der Waals surface area contributed by atoms with Crippen molar-refractivity contribution in [2.24, 2.45) is 11.8 Å². The molecule has 0 amide bonds. The summed E-state index contributed by atoms with van der Waals surface area (Å²) < 4.78 is 1.94. The summed E-state index contributed by atoms with van der Waals surface area (Å²) in [6, 6.07) is 17.5. The second-order valence-corrected chi connectivity index (χ2v) is 21.2. The number of hydrogen-bond acceptors (Lipinski definition) is 0. The third-order valence-corrected chi connectivity index (χ3v) is 15.9. The van der Waals surface area contributed by atoms with Crippen molar-refractivity contribution >= 4 is 17.0 Å². The van der Waals surface area contributed by atoms with Crippen LogP contribution in [0.3, 0.4) is 0 Å². The number of allylic oxidation sites excluding steroid dienone is 12. The van der Waals surface area contributed by atoms with Gasteiger partial charge < -0.3 is 24.8 Å². The Morgan fingerprint density at radius 3 is 1.36 bits per heavy atom. The first-order valence-corrected chi connectivity index (χ1v) is 23.2. The van der Waals surface area contributed by atoms with E-state index in [2.05, 4.69) is 110 Å². The van der Waals surface area contributed by atoms with Crippen LogP contribution in [0.5, 0.6) is 0 Å². The van der Waals surface area contributed by atoms with Crippen molar-refractivity contribution < 1.29 is 68.9 Å². The summed E-state index contributed by atoms with van der Waals surface area (Å²) in [5.41, 5.74) is 18.2. The zero-order valence-corrected chi connectivity index (χ0v) is 33.7. The Bertz CT molecular complexity index is 1410. The Morgan fingerprint density at radius 1 is 0.667 bits per heavy atom. The van der Waals surface area contributed by atoms with E-state index in [1.807, 2.05) is 12.2 Å². The molecule has 6 heteroatoms. The summed E-state index contributed by atoms with van der Waals surface area (Å²) in [4.78, 5) is 0. The van der Waals surface area contributed by atoms with E-state index >= 15 is 0 Å². The molecule has 0 bridgehead atoms. The SMILES string of the molecule is CC1=C(C)C(C)C(C2=C(C)C(C)=C(C)C2C)=C1C.[Cl-].[Cl-].[Cl][Zr]([Cl])[C]1=CC=CC1.[Zr+2][CH]1c2ccccc2-c2ccccc21. The van der Waals surface area contributed by atoms with Crippen molar-refractivity contribution in [2.75, 3.05) is 0 Å². The van der Waals surface area contributed by atoms with Gasteiger partial charge in [-0.1, -0.05) is 25.0 Å². The quantitative estimate of drug-likeness (QED) is 0.369. The average Bonchev–Trinajstić information content (AvgIpc) is 3.69. The van der Waals surface area contributed by atoms with Gasteiger partial charge in [0.15, 0.2) is 0 Å². The molecule has 0 saturated heterocycles. The van der Waals surface area contributed by atoms with Crippen molar-refractivity contribution in [3.63, 3.8) is 0 Å². The summed E-state index contributed by atoms with van der Waals surface area (Å²) in [6.45, 7) is 18.5. The number of rotatable bonds is 2. The fourth-order valence-corrected chi connectivity index (χ4v) is 10.5. The Labute approximate surface area is 297 Å². The number of hydrogen-bond donors (Lipinski definition) is 0. The van der Waals surface area contributed by atoms with Gasteiger partial charge in [0.1, 0.15) is 0 Å². The third kappa shape index (κ3) is 7.60. The number of benzene rings is 2. The van der Waals surface area contributed by atoms with Gasteiger partial charge in [0.2, 0.25) is 0 Å². The molecular formula is C36H40Cl4Zr2. The fraction of sp³-hybridized carbons (Fsp3) is 0.333. The van der Waals surface area contributed by atoms with Crippen LogP contribution in [0.15, 0.2) is 115 Å². The molecule has 2 aromatic rings. The standard InChI is InChI=1S/C18H26.C13H9.C5H5.4ClH.2Zr/c1-9-10(2)14(6)17(13(9)5)18-15(7)11(3)12(4)16(18)8;1-3-7-12-10(5-1)9-11-6-2-4-8-13(11)12;1-2-4-5-3-1;;;;;;/h13,15H,1-8H3;1-9H;1-3H,4H2;4*1H;;/q;;;;;;;2*+2/p-4. The monoisotopic (exact) mass is 792 g/mol. The molecule has 2 aromatic carbocycles. The molecule has 0 aromatic heterocycles. The first-order chi connectivity index (χ1) is 19.0. The van der Waals surface area contributed by atoms with Crippen LogP contribution in [0.1, 0.15) is 76.6 Å². The second kappa shape index (κ2) is 16.4. The van der Waals surface area contributed by atoms with Gasteiger partial charge in [-0.05, 0) is 75.0 Å². The third-order valence-electron chi connectivity index (χ3n) is 9.42. The van der Waals surface area contributed by atoms with E-state index in [1.54, 1.807) is 47.0 Å². The Kier molecular flexibility index (Phi) is 14.8. The van der Waals surface area contributed by atoms with Gasteiger partial charge in [0.05, 0.1) is 0 Å². The van der Waals surface area contributed by atoms with Crippen molar-refractivity contribution in [1.29, 1.82) is 0 Å². The molecule has 6 rings (SSSR count). The van der Waals surface area contributed by atoms with Gasteiger partial charge in [0, 0.05) is 11.8 Å². The maximum atomic E-state index is 5.74. The van der Waals surface area contributed by atoms with E-state index in [0.717, 1.165) is 6.42 Å². The zero-order valence-electron chi connectivity index (χ0n) is 25.8. The van der Waals surface area contributed by atoms with Crippen LogP contribution in [0.25, 0.3) is 11.1 Å². The van der Waals surface area contributed by atoms with Crippen LogP contribution in [-0.4, -0.2) is 0 Å². The molecule has 0 fully saturated rings. The van der Waals surface area contributed by atoms with Gasteiger partial charge in [-0.25, -0.2) is 0 Å². The molecule has 220 valence electrons. The van der Waals surface area contributed by atoms with Crippen LogP contribution in [0.4, 0.5) is 0 Å². The van der Waals surface area contributed by atoms with Crippen LogP contribution in [-0.2, 0) is 44.1 Å². The van der Waals surface area contributed by atoms with Gasteiger partial charge >= 0.3 is 163 Å². The summed E-state index contributed by atoms with van der Waals surface area (Å²) in [7, 11) is 11.5. The predicted octanol–water partition coefficient (Wildman–Crippen LogP) is 5.66. The first-order valence-electron chi connectivity index (χ1n) is 14.2. The average molecular weight is 797 g/mol. The summed E-state index contributed by atoms with van der Waals surface area (Å²) in [6.07, 6.45) is 7.14. The van der Waals surface area contributed by atoms with E-state index in [0.29, 0.717) is 15.5 Å². The molecule has 4 aliphatic rings. The molecule has 4 aliphatic carbocycles. The summed E-state index contributed by atoms with van der Waals surface area (Å²) >= 11 is -0.380. The zero-order chi connectivity index (χ0) is 29.3. The van der Waals surface area contributed by atoms with Crippen LogP contribution >= 0.6 is 17.0 Å². The summed E-state index contributed by atoms with van der Waals surface area (Å²) in [5, 5.41) is 0. The molecule has 2 atom stereocenters. The van der Waals surface area contributed by atoms with Gasteiger partial charge in [-0.3, -0.25) is 0 Å². The van der Waals surface area contributed by atoms with Crippen LogP contribution < -0.4 is 24.8 Å². The van der Waals surface area contributed by atoms with E-state index in [4.69, 9.17) is 17.0 Å². The van der Waals surface area contributed by atoms with Gasteiger partial charge in [-0.15, -0.1) is 0 Å². The maximum absolute atomic E-state index is 5.74. The molecule has 2 unspecified atom stereocenters. The number of halogens is 4. The van der Waals surface area contributed by atoms with Gasteiger partial charge in [-0.2, -0.15) is 0 Å². The van der Waals surface area contributed by atoms with Crippen molar-refractivity contribution in [3.8, 4) is 11.1 Å². The van der Waals surface area contributed by atoms with E-state index < -0.39 is 19.4 Å². The molecule has 0 nitrogen and oxygen atoms in total. The molecular weight excluding hydrogens is 757 g/mol. The minimum atomic E-state index is -1.96. The van der Waals surface area contributed by atoms with E-state index in [-0.39, 0.29) is 24.8 Å². The summed E-state index contributed by atoms with van der Waals surface area (Å²) in [5.74, 6) is 1.19. The first kappa shape index (κ1) is 38.0. The molecule has 0 saturated carbocycles. The number of fused-ring (bicyclic) bond motifs is 3. The fourth-order valence-electron chi connectivity index (χ4n) is 6.34. The van der Waals surface area contributed by atoms with Crippen LogP contribution in [0.2, 0.25) is 0 Å². The van der Waals surface area contributed by atoms with Gasteiger partial charge in [0.25, 0.3) is 0 Å². The van der Waals surface area contributed by atoms with Crippen molar-refractivity contribution in [3.05, 3.63) is 126 Å². The molecule has 0 heterocycles. The molecule has 0 radical (unpaired) electrons. The topological polar surface area (TPSA) is 0 Å². The van der Waals surface area contributed by atoms with Crippen molar-refractivity contribution in [1.82, 2.24) is 0 Å². The molecule has 0 spiro atoms. The Morgan fingerprint density at radius 2 is 1.07 bits per heavy atom. The molecule has 0 aliphatic heterocycles. The van der Waals surface area contributed by atoms with E-state index in [9.17, 15) is 0 Å². The normalized spacial score (nSPS) is 20.3. The van der Waals surface area contributed by atoms with Crippen molar-refractivity contribution in [2.45, 2.75) is 65.4 Å².